The van der Waals surface area contributed by atoms with Crippen molar-refractivity contribution in [2.45, 2.75) is 32.6 Å². The number of rotatable bonds is 4. The molecule has 1 rings (SSSR count). The van der Waals surface area contributed by atoms with Gasteiger partial charge in [-0.25, -0.2) is 0 Å². The fraction of sp³-hybridized carbons (Fsp3) is 0.538. The van der Waals surface area contributed by atoms with Gasteiger partial charge in [-0.3, -0.25) is 0 Å². The summed E-state index contributed by atoms with van der Waals surface area (Å²) < 4.78 is 5.23. The number of nitrogens with two attached hydrogens (primary N) is 1. The minimum atomic E-state index is 0.180. The van der Waals surface area contributed by atoms with Crippen LogP contribution < -0.4 is 10.5 Å². The third-order valence-corrected chi connectivity index (χ3v) is 2.88. The highest BCUT2D eigenvalue weighted by Crippen LogP contribution is 2.37. The summed E-state index contributed by atoms with van der Waals surface area (Å²) >= 11 is 0. The van der Waals surface area contributed by atoms with Gasteiger partial charge in [0.1, 0.15) is 0 Å². The molecule has 1 atom stereocenters. The van der Waals surface area contributed by atoms with Crippen molar-refractivity contribution in [2.24, 2.45) is 5.73 Å². The maximum absolute atomic E-state index is 9.90. The maximum atomic E-state index is 9.90. The minimum absolute atomic E-state index is 0.180. The first-order chi connectivity index (χ1) is 7.51. The van der Waals surface area contributed by atoms with Crippen LogP contribution in [-0.4, -0.2) is 18.8 Å². The van der Waals surface area contributed by atoms with E-state index in [0.717, 1.165) is 11.1 Å². The van der Waals surface area contributed by atoms with E-state index in [4.69, 9.17) is 10.5 Å². The lowest BCUT2D eigenvalue weighted by Gasteiger charge is -2.18. The molecule has 0 aliphatic carbocycles. The molecule has 0 spiro atoms. The fourth-order valence-corrected chi connectivity index (χ4v) is 1.71. The fourth-order valence-electron chi connectivity index (χ4n) is 1.71. The van der Waals surface area contributed by atoms with Gasteiger partial charge in [-0.2, -0.15) is 0 Å². The normalized spacial score (nSPS) is 12.9. The molecule has 0 fully saturated rings. The zero-order valence-corrected chi connectivity index (χ0v) is 10.4. The van der Waals surface area contributed by atoms with Gasteiger partial charge in [0.2, 0.25) is 0 Å². The van der Waals surface area contributed by atoms with Gasteiger partial charge in [-0.15, -0.1) is 0 Å². The van der Waals surface area contributed by atoms with Crippen molar-refractivity contribution in [1.82, 2.24) is 0 Å². The van der Waals surface area contributed by atoms with Crippen LogP contribution in [0.15, 0.2) is 12.1 Å². The molecule has 0 bridgehead atoms. The van der Waals surface area contributed by atoms with Gasteiger partial charge < -0.3 is 15.6 Å². The van der Waals surface area contributed by atoms with Gasteiger partial charge in [0, 0.05) is 5.56 Å². The van der Waals surface area contributed by atoms with Crippen LogP contribution in [0.25, 0.3) is 0 Å². The summed E-state index contributed by atoms with van der Waals surface area (Å²) in [6.45, 7) is 6.76. The summed E-state index contributed by atoms with van der Waals surface area (Å²) in [5, 5.41) is 9.90. The number of methoxy groups -OCH3 is 1. The molecule has 3 N–H and O–H groups in total. The lowest BCUT2D eigenvalue weighted by Crippen LogP contribution is -2.10. The largest absolute Gasteiger partial charge is 0.504 e. The van der Waals surface area contributed by atoms with E-state index in [1.165, 1.54) is 0 Å². The van der Waals surface area contributed by atoms with E-state index < -0.39 is 0 Å². The van der Waals surface area contributed by atoms with Crippen molar-refractivity contribution in [2.75, 3.05) is 13.7 Å². The van der Waals surface area contributed by atoms with Gasteiger partial charge in [0.05, 0.1) is 7.11 Å². The van der Waals surface area contributed by atoms with Crippen LogP contribution in [0.4, 0.5) is 0 Å². The summed E-state index contributed by atoms with van der Waals surface area (Å²) in [5.41, 5.74) is 7.75. The van der Waals surface area contributed by atoms with E-state index in [-0.39, 0.29) is 11.7 Å². The first-order valence-corrected chi connectivity index (χ1v) is 5.62. The van der Waals surface area contributed by atoms with Crippen LogP contribution in [0.3, 0.4) is 0 Å². The first-order valence-electron chi connectivity index (χ1n) is 5.62. The monoisotopic (exact) mass is 223 g/mol. The Kier molecular flexibility index (Phi) is 4.19. The van der Waals surface area contributed by atoms with E-state index in [1.807, 2.05) is 6.92 Å². The summed E-state index contributed by atoms with van der Waals surface area (Å²) in [7, 11) is 1.57. The van der Waals surface area contributed by atoms with Crippen LogP contribution in [0, 0.1) is 0 Å². The molecular formula is C13H21NO2. The number of aromatic hydroxyl groups is 1. The minimum Gasteiger partial charge on any atom is -0.504 e. The smallest absolute Gasteiger partial charge is 0.163 e. The highest BCUT2D eigenvalue weighted by Gasteiger charge is 2.16. The Bertz CT molecular complexity index is 361. The molecule has 0 aliphatic heterocycles. The van der Waals surface area contributed by atoms with Crippen LogP contribution in [0.5, 0.6) is 11.5 Å². The molecule has 0 aliphatic rings. The summed E-state index contributed by atoms with van der Waals surface area (Å²) in [5.74, 6) is 1.30. The number of benzene rings is 1. The van der Waals surface area contributed by atoms with E-state index in [9.17, 15) is 5.11 Å². The third-order valence-electron chi connectivity index (χ3n) is 2.88. The Morgan fingerprint density at radius 2 is 1.94 bits per heavy atom. The van der Waals surface area contributed by atoms with E-state index in [0.29, 0.717) is 18.2 Å². The number of phenols is 1. The van der Waals surface area contributed by atoms with Gasteiger partial charge in [0.25, 0.3) is 0 Å². The van der Waals surface area contributed by atoms with Crippen molar-refractivity contribution in [3.8, 4) is 11.5 Å². The molecule has 16 heavy (non-hydrogen) atoms. The predicted octanol–water partition coefficient (Wildman–Crippen LogP) is 2.59. The second kappa shape index (κ2) is 5.21. The van der Waals surface area contributed by atoms with Crippen molar-refractivity contribution in [3.05, 3.63) is 23.3 Å². The van der Waals surface area contributed by atoms with Crippen molar-refractivity contribution < 1.29 is 9.84 Å². The number of hydrogen-bond acceptors (Lipinski definition) is 3. The van der Waals surface area contributed by atoms with Crippen molar-refractivity contribution >= 4 is 0 Å². The molecule has 3 heteroatoms. The highest BCUT2D eigenvalue weighted by molar-refractivity contribution is 5.50. The first kappa shape index (κ1) is 12.8. The Balaban J connectivity index is 3.30. The van der Waals surface area contributed by atoms with E-state index >= 15 is 0 Å². The zero-order chi connectivity index (χ0) is 12.3. The topological polar surface area (TPSA) is 55.5 Å². The van der Waals surface area contributed by atoms with Crippen molar-refractivity contribution in [3.63, 3.8) is 0 Å². The van der Waals surface area contributed by atoms with Crippen LogP contribution in [-0.2, 0) is 0 Å². The molecule has 3 nitrogen and oxygen atoms in total. The van der Waals surface area contributed by atoms with Gasteiger partial charge in [-0.05, 0) is 30.0 Å². The molecule has 1 unspecified atom stereocenters. The predicted molar refractivity (Wildman–Crippen MR) is 66.2 cm³/mol. The second-order valence-corrected chi connectivity index (χ2v) is 4.45. The van der Waals surface area contributed by atoms with Gasteiger partial charge in [0.15, 0.2) is 11.5 Å². The standard InChI is InChI=1S/C13H21NO2/c1-8(2)10-5-11(9(3)7-14)13(16-4)12(15)6-10/h5-6,8-9,15H,7,14H2,1-4H3. The average molecular weight is 223 g/mol. The third kappa shape index (κ3) is 2.47. The average Bonchev–Trinajstić information content (AvgIpc) is 2.26. The summed E-state index contributed by atoms with van der Waals surface area (Å²) in [4.78, 5) is 0. The Morgan fingerprint density at radius 1 is 1.31 bits per heavy atom. The Labute approximate surface area is 97.2 Å². The second-order valence-electron chi connectivity index (χ2n) is 4.45. The van der Waals surface area contributed by atoms with Crippen LogP contribution in [0.2, 0.25) is 0 Å². The quantitative estimate of drug-likeness (QED) is 0.825. The molecule has 1 aromatic rings. The van der Waals surface area contributed by atoms with Crippen LogP contribution in [0.1, 0.15) is 43.7 Å². The highest BCUT2D eigenvalue weighted by atomic mass is 16.5. The van der Waals surface area contributed by atoms with Gasteiger partial charge >= 0.3 is 0 Å². The van der Waals surface area contributed by atoms with Gasteiger partial charge in [-0.1, -0.05) is 26.8 Å². The SMILES string of the molecule is COc1c(O)cc(C(C)C)cc1C(C)CN. The van der Waals surface area contributed by atoms with E-state index in [2.05, 4.69) is 19.9 Å². The lowest BCUT2D eigenvalue weighted by atomic mass is 9.93. The van der Waals surface area contributed by atoms with E-state index in [1.54, 1.807) is 13.2 Å². The molecule has 0 amide bonds. The number of phenolic OH excluding ortho intramolecular Hbond substituents is 1. The molecular weight excluding hydrogens is 202 g/mol. The molecule has 0 heterocycles. The van der Waals surface area contributed by atoms with Crippen molar-refractivity contribution in [1.29, 1.82) is 0 Å². The number of ether oxygens (including phenoxy) is 1. The molecule has 90 valence electrons. The number of hydrogen-bond donors (Lipinski definition) is 2. The Hall–Kier alpha value is -1.22. The van der Waals surface area contributed by atoms with Crippen LogP contribution >= 0.6 is 0 Å². The molecule has 0 saturated heterocycles. The molecule has 0 saturated carbocycles. The zero-order valence-electron chi connectivity index (χ0n) is 10.4. The molecule has 1 aromatic carbocycles. The molecule has 0 aromatic heterocycles. The summed E-state index contributed by atoms with van der Waals surface area (Å²) in [6.07, 6.45) is 0. The lowest BCUT2D eigenvalue weighted by molar-refractivity contribution is 0.366. The Morgan fingerprint density at radius 3 is 2.38 bits per heavy atom. The summed E-state index contributed by atoms with van der Waals surface area (Å²) in [6, 6.07) is 3.83. The maximum Gasteiger partial charge on any atom is 0.163 e. The molecule has 0 radical (unpaired) electrons.